The molecule has 0 saturated heterocycles. The van der Waals surface area contributed by atoms with Gasteiger partial charge >= 0.3 is 12.2 Å². The monoisotopic (exact) mass is 490 g/mol. The first-order valence-electron chi connectivity index (χ1n) is 11.7. The van der Waals surface area contributed by atoms with Crippen LogP contribution in [0, 0.1) is 5.82 Å². The number of imidazole rings is 1. The van der Waals surface area contributed by atoms with Crippen molar-refractivity contribution < 1.29 is 27.5 Å². The van der Waals surface area contributed by atoms with Crippen LogP contribution in [0.2, 0.25) is 0 Å². The lowest BCUT2D eigenvalue weighted by atomic mass is 9.63. The molecule has 3 aliphatic carbocycles. The first-order chi connectivity index (χ1) is 16.5. The van der Waals surface area contributed by atoms with Crippen LogP contribution < -0.4 is 10.6 Å². The molecule has 0 spiro atoms. The van der Waals surface area contributed by atoms with Gasteiger partial charge < -0.3 is 20.7 Å². The molecule has 2 aromatic carbocycles. The molecular weight excluding hydrogens is 464 g/mol. The van der Waals surface area contributed by atoms with Crippen LogP contribution in [-0.2, 0) is 12.6 Å². The summed E-state index contributed by atoms with van der Waals surface area (Å²) >= 11 is 0. The maximum Gasteiger partial charge on any atom is 0.416 e. The number of rotatable bonds is 5. The highest BCUT2D eigenvalue weighted by molar-refractivity contribution is 5.77. The molecule has 6 rings (SSSR count). The Bertz CT molecular complexity index is 1200. The first kappa shape index (κ1) is 23.6. The smallest absolute Gasteiger partial charge is 0.390 e. The van der Waals surface area contributed by atoms with E-state index in [-0.39, 0.29) is 12.0 Å². The van der Waals surface area contributed by atoms with Crippen molar-refractivity contribution in [1.29, 1.82) is 0 Å². The van der Waals surface area contributed by atoms with E-state index in [0.29, 0.717) is 55.9 Å². The normalized spacial score (nSPS) is 24.9. The van der Waals surface area contributed by atoms with E-state index in [1.54, 1.807) is 6.07 Å². The van der Waals surface area contributed by atoms with E-state index in [2.05, 4.69) is 20.6 Å². The molecule has 0 aliphatic heterocycles. The lowest BCUT2D eigenvalue weighted by Crippen LogP contribution is -2.60. The fourth-order valence-electron chi connectivity index (χ4n) is 5.25. The van der Waals surface area contributed by atoms with Crippen molar-refractivity contribution in [2.45, 2.75) is 68.3 Å². The molecule has 3 aromatic rings. The van der Waals surface area contributed by atoms with E-state index >= 15 is 0 Å². The SMILES string of the molecule is O=C(NC(Cc1ccc(C(F)(F)F)cc1F)c1nc2ccccc2[nH]1)NC12CCC(O)(CC1)CC2. The second kappa shape index (κ2) is 8.51. The lowest BCUT2D eigenvalue weighted by molar-refractivity contribution is -0.137. The maximum absolute atomic E-state index is 14.6. The van der Waals surface area contributed by atoms with E-state index in [4.69, 9.17) is 0 Å². The van der Waals surface area contributed by atoms with Crippen LogP contribution in [0.25, 0.3) is 11.0 Å². The Hall–Kier alpha value is -3.14. The second-order valence-electron chi connectivity index (χ2n) is 9.80. The van der Waals surface area contributed by atoms with E-state index in [1.165, 1.54) is 0 Å². The number of H-pyrrole nitrogens is 1. The van der Waals surface area contributed by atoms with Gasteiger partial charge in [0.15, 0.2) is 0 Å². The van der Waals surface area contributed by atoms with Gasteiger partial charge in [-0.2, -0.15) is 13.2 Å². The number of aliphatic hydroxyl groups is 1. The minimum atomic E-state index is -4.65. The largest absolute Gasteiger partial charge is 0.416 e. The molecule has 2 amide bonds. The Kier molecular flexibility index (Phi) is 5.74. The van der Waals surface area contributed by atoms with Crippen molar-refractivity contribution in [3.63, 3.8) is 0 Å². The van der Waals surface area contributed by atoms with Crippen molar-refractivity contribution in [3.8, 4) is 0 Å². The number of hydrogen-bond donors (Lipinski definition) is 4. The maximum atomic E-state index is 14.6. The summed E-state index contributed by atoms with van der Waals surface area (Å²) in [4.78, 5) is 20.7. The third kappa shape index (κ3) is 4.84. The predicted octanol–water partition coefficient (Wildman–Crippen LogP) is 5.14. The third-order valence-corrected chi connectivity index (χ3v) is 7.43. The Labute approximate surface area is 199 Å². The number of nitrogens with zero attached hydrogens (tertiary/aromatic N) is 1. The number of urea groups is 1. The van der Waals surface area contributed by atoms with Crippen LogP contribution in [-0.4, -0.2) is 32.2 Å². The van der Waals surface area contributed by atoms with Crippen molar-refractivity contribution in [3.05, 3.63) is 65.2 Å². The molecule has 1 unspecified atom stereocenters. The molecule has 6 nitrogen and oxygen atoms in total. The quantitative estimate of drug-likeness (QED) is 0.373. The fraction of sp³-hybridized carbons (Fsp3) is 0.440. The van der Waals surface area contributed by atoms with Gasteiger partial charge in [-0.05, 0) is 68.4 Å². The zero-order valence-corrected chi connectivity index (χ0v) is 18.9. The van der Waals surface area contributed by atoms with Crippen LogP contribution >= 0.6 is 0 Å². The summed E-state index contributed by atoms with van der Waals surface area (Å²) in [5.74, 6) is -0.625. The minimum absolute atomic E-state index is 0.0299. The van der Waals surface area contributed by atoms with Crippen LogP contribution in [0.5, 0.6) is 0 Å². The number of fused-ring (bicyclic) bond motifs is 4. The van der Waals surface area contributed by atoms with Crippen LogP contribution in [0.1, 0.15) is 61.5 Å². The number of carbonyl (C=O) groups excluding carboxylic acids is 1. The molecule has 4 N–H and O–H groups in total. The standard InChI is InChI=1S/C25H26F4N4O2/c26-17-14-16(25(27,28)29)6-5-15(17)13-20(21-30-18-3-1-2-4-19(18)31-21)32-22(34)33-23-7-10-24(35,11-8-23)12-9-23/h1-6,14,20,35H,7-13H2,(H,30,31)(H2,32,33,34). The number of hydrogen-bond acceptors (Lipinski definition) is 3. The van der Waals surface area contributed by atoms with Gasteiger partial charge in [-0.1, -0.05) is 18.2 Å². The predicted molar refractivity (Wildman–Crippen MR) is 121 cm³/mol. The van der Waals surface area contributed by atoms with E-state index in [9.17, 15) is 27.5 Å². The highest BCUT2D eigenvalue weighted by Gasteiger charge is 2.48. The molecule has 2 bridgehead atoms. The summed E-state index contributed by atoms with van der Waals surface area (Å²) in [6.45, 7) is 0. The summed E-state index contributed by atoms with van der Waals surface area (Å²) in [5.41, 5.74) is -0.718. The van der Waals surface area contributed by atoms with Gasteiger partial charge in [0.05, 0.1) is 28.2 Å². The van der Waals surface area contributed by atoms with Crippen LogP contribution in [0.4, 0.5) is 22.4 Å². The van der Waals surface area contributed by atoms with Gasteiger partial charge in [0.2, 0.25) is 0 Å². The van der Waals surface area contributed by atoms with Gasteiger partial charge in [0.25, 0.3) is 0 Å². The van der Waals surface area contributed by atoms with Crippen molar-refractivity contribution in [2.24, 2.45) is 0 Å². The number of aromatic amines is 1. The number of alkyl halides is 3. The van der Waals surface area contributed by atoms with Gasteiger partial charge in [0, 0.05) is 12.0 Å². The Morgan fingerprint density at radius 1 is 1.09 bits per heavy atom. The van der Waals surface area contributed by atoms with Crippen molar-refractivity contribution in [2.75, 3.05) is 0 Å². The molecule has 186 valence electrons. The summed E-state index contributed by atoms with van der Waals surface area (Å²) in [6, 6.07) is 8.35. The number of aromatic nitrogens is 2. The summed E-state index contributed by atoms with van der Waals surface area (Å²) < 4.78 is 53.6. The Morgan fingerprint density at radius 2 is 1.77 bits per heavy atom. The molecule has 1 atom stereocenters. The zero-order chi connectivity index (χ0) is 24.8. The van der Waals surface area contributed by atoms with Crippen molar-refractivity contribution in [1.82, 2.24) is 20.6 Å². The van der Waals surface area contributed by atoms with E-state index in [0.717, 1.165) is 17.6 Å². The average molecular weight is 491 g/mol. The van der Waals surface area contributed by atoms with E-state index < -0.39 is 40.8 Å². The highest BCUT2D eigenvalue weighted by Crippen LogP contribution is 2.46. The molecule has 3 fully saturated rings. The number of para-hydroxylation sites is 2. The number of amides is 2. The molecule has 10 heteroatoms. The lowest BCUT2D eigenvalue weighted by Gasteiger charge is -2.51. The van der Waals surface area contributed by atoms with Gasteiger partial charge in [-0.15, -0.1) is 0 Å². The van der Waals surface area contributed by atoms with Gasteiger partial charge in [-0.25, -0.2) is 14.2 Å². The molecule has 1 aromatic heterocycles. The molecule has 35 heavy (non-hydrogen) atoms. The minimum Gasteiger partial charge on any atom is -0.390 e. The Balaban J connectivity index is 1.39. The van der Waals surface area contributed by atoms with Crippen LogP contribution in [0.15, 0.2) is 42.5 Å². The van der Waals surface area contributed by atoms with E-state index in [1.807, 2.05) is 18.2 Å². The fourth-order valence-corrected chi connectivity index (χ4v) is 5.25. The van der Waals surface area contributed by atoms with Gasteiger partial charge in [-0.3, -0.25) is 0 Å². The van der Waals surface area contributed by atoms with Crippen LogP contribution in [0.3, 0.4) is 0 Å². The number of halogens is 4. The molecule has 3 aliphatic rings. The average Bonchev–Trinajstić information content (AvgIpc) is 3.24. The van der Waals surface area contributed by atoms with Crippen molar-refractivity contribution >= 4 is 17.1 Å². The number of nitrogens with one attached hydrogen (secondary N) is 3. The third-order valence-electron chi connectivity index (χ3n) is 7.43. The zero-order valence-electron chi connectivity index (χ0n) is 18.9. The number of benzene rings is 2. The number of carbonyl (C=O) groups is 1. The molecule has 1 heterocycles. The highest BCUT2D eigenvalue weighted by atomic mass is 19.4. The molecule has 3 saturated carbocycles. The molecular formula is C25H26F4N4O2. The first-order valence-corrected chi connectivity index (χ1v) is 11.7. The summed E-state index contributed by atoms with van der Waals surface area (Å²) in [6.07, 6.45) is -0.879. The topological polar surface area (TPSA) is 90.0 Å². The summed E-state index contributed by atoms with van der Waals surface area (Å²) in [5, 5.41) is 16.4. The second-order valence-corrected chi connectivity index (χ2v) is 9.80. The molecule has 0 radical (unpaired) electrons. The Morgan fingerprint density at radius 3 is 2.40 bits per heavy atom. The van der Waals surface area contributed by atoms with Gasteiger partial charge in [0.1, 0.15) is 11.6 Å². The summed E-state index contributed by atoms with van der Waals surface area (Å²) in [7, 11) is 0.